The van der Waals surface area contributed by atoms with Gasteiger partial charge in [-0.3, -0.25) is 9.59 Å². The average Bonchev–Trinajstić information content (AvgIpc) is 2.81. The normalized spacial score (nSPS) is 12.8. The van der Waals surface area contributed by atoms with Crippen LogP contribution in [0.4, 0.5) is 10.5 Å². The Hall–Kier alpha value is -2.91. The predicted molar refractivity (Wildman–Crippen MR) is 149 cm³/mol. The number of carbonyl (C=O) groups is 3. The minimum absolute atomic E-state index is 0.134. The van der Waals surface area contributed by atoms with Crippen LogP contribution in [-0.2, 0) is 14.3 Å². The number of hydrogen-bond acceptors (Lipinski definition) is 6. The van der Waals surface area contributed by atoms with Crippen molar-refractivity contribution in [1.29, 1.82) is 0 Å². The number of ether oxygens (including phenoxy) is 1. The maximum absolute atomic E-state index is 13.9. The van der Waals surface area contributed by atoms with Crippen molar-refractivity contribution in [2.45, 2.75) is 58.7 Å². The van der Waals surface area contributed by atoms with Gasteiger partial charge in [0.25, 0.3) is 5.91 Å². The number of rotatable bonds is 10. The largest absolute Gasteiger partial charge is 0.508 e. The highest BCUT2D eigenvalue weighted by atomic mass is 35.5. The molecule has 0 saturated carbocycles. The van der Waals surface area contributed by atoms with E-state index in [9.17, 15) is 19.5 Å². The Morgan fingerprint density at radius 2 is 1.81 bits per heavy atom. The van der Waals surface area contributed by atoms with Crippen molar-refractivity contribution in [3.05, 3.63) is 58.6 Å². The number of phenolic OH excluding ortho intramolecular Hbond substituents is 1. The number of para-hydroxylation sites is 2. The molecule has 8 nitrogen and oxygen atoms in total. The molecule has 0 spiro atoms. The van der Waals surface area contributed by atoms with Crippen LogP contribution in [0.15, 0.2) is 42.5 Å². The van der Waals surface area contributed by atoms with Gasteiger partial charge < -0.3 is 25.4 Å². The fraction of sp³-hybridized carbons (Fsp3) is 0.444. The summed E-state index contributed by atoms with van der Waals surface area (Å²) in [5, 5.41) is 16.5. The van der Waals surface area contributed by atoms with E-state index in [1.807, 2.05) is 19.2 Å². The molecule has 0 heterocycles. The lowest BCUT2D eigenvalue weighted by Crippen LogP contribution is -2.52. The maximum atomic E-state index is 13.9. The van der Waals surface area contributed by atoms with E-state index >= 15 is 0 Å². The number of hydrogen-bond donors (Lipinski definition) is 3. The number of thioether (sulfide) groups is 1. The van der Waals surface area contributed by atoms with Gasteiger partial charge in [-0.25, -0.2) is 4.79 Å². The summed E-state index contributed by atoms with van der Waals surface area (Å²) in [6, 6.07) is 9.47. The number of phenols is 1. The van der Waals surface area contributed by atoms with Gasteiger partial charge in [-0.05, 0) is 70.7 Å². The second kappa shape index (κ2) is 13.6. The van der Waals surface area contributed by atoms with Gasteiger partial charge in [0.2, 0.25) is 5.91 Å². The molecule has 0 aliphatic carbocycles. The first-order valence-electron chi connectivity index (χ1n) is 12.0. The highest BCUT2D eigenvalue weighted by Crippen LogP contribution is 2.33. The molecular formula is C27H36ClN3O5S. The van der Waals surface area contributed by atoms with Gasteiger partial charge in [-0.2, -0.15) is 11.8 Å². The van der Waals surface area contributed by atoms with Gasteiger partial charge in [0.15, 0.2) is 0 Å². The SMILES string of the molecule is CCN(C(=O)C(CCSC)NC(=O)OC(C)(C)C)C(C(=O)Nc1c(C)cccc1Cl)c1ccccc1O. The molecule has 0 fully saturated rings. The topological polar surface area (TPSA) is 108 Å². The monoisotopic (exact) mass is 549 g/mol. The van der Waals surface area contributed by atoms with Crippen molar-refractivity contribution < 1.29 is 24.2 Å². The number of carbonyl (C=O) groups excluding carboxylic acids is 3. The zero-order valence-corrected chi connectivity index (χ0v) is 23.7. The second-order valence-electron chi connectivity index (χ2n) is 9.49. The zero-order chi connectivity index (χ0) is 27.8. The lowest BCUT2D eigenvalue weighted by Gasteiger charge is -2.34. The first-order chi connectivity index (χ1) is 17.4. The van der Waals surface area contributed by atoms with E-state index in [0.29, 0.717) is 22.9 Å². The summed E-state index contributed by atoms with van der Waals surface area (Å²) >= 11 is 7.87. The van der Waals surface area contributed by atoms with Gasteiger partial charge in [0.05, 0.1) is 10.7 Å². The summed E-state index contributed by atoms with van der Waals surface area (Å²) in [5.41, 5.74) is 0.674. The van der Waals surface area contributed by atoms with E-state index in [2.05, 4.69) is 10.6 Å². The number of aromatic hydroxyl groups is 1. The van der Waals surface area contributed by atoms with E-state index in [1.54, 1.807) is 58.0 Å². The Bertz CT molecular complexity index is 1090. The van der Waals surface area contributed by atoms with Crippen molar-refractivity contribution in [2.75, 3.05) is 23.9 Å². The number of alkyl carbamates (subject to hydrolysis) is 1. The molecular weight excluding hydrogens is 514 g/mol. The Balaban J connectivity index is 2.48. The molecule has 202 valence electrons. The molecule has 3 amide bonds. The molecule has 2 unspecified atom stereocenters. The second-order valence-corrected chi connectivity index (χ2v) is 10.9. The van der Waals surface area contributed by atoms with Crippen molar-refractivity contribution in [1.82, 2.24) is 10.2 Å². The van der Waals surface area contributed by atoms with Crippen LogP contribution in [0.25, 0.3) is 0 Å². The number of anilines is 1. The Morgan fingerprint density at radius 3 is 2.38 bits per heavy atom. The summed E-state index contributed by atoms with van der Waals surface area (Å²) in [6.45, 7) is 8.88. The molecule has 2 aromatic rings. The minimum Gasteiger partial charge on any atom is -0.508 e. The highest BCUT2D eigenvalue weighted by Gasteiger charge is 2.36. The maximum Gasteiger partial charge on any atom is 0.408 e. The summed E-state index contributed by atoms with van der Waals surface area (Å²) in [4.78, 5) is 41.5. The number of likely N-dealkylation sites (N-methyl/N-ethyl adjacent to an activating group) is 1. The molecule has 0 aliphatic rings. The quantitative estimate of drug-likeness (QED) is 0.360. The molecule has 37 heavy (non-hydrogen) atoms. The third-order valence-electron chi connectivity index (χ3n) is 5.48. The number of amides is 3. The number of benzene rings is 2. The molecule has 2 atom stereocenters. The average molecular weight is 550 g/mol. The highest BCUT2D eigenvalue weighted by molar-refractivity contribution is 7.98. The smallest absolute Gasteiger partial charge is 0.408 e. The number of aryl methyl sites for hydroxylation is 1. The van der Waals surface area contributed by atoms with Gasteiger partial charge in [-0.1, -0.05) is 41.9 Å². The van der Waals surface area contributed by atoms with E-state index < -0.39 is 35.6 Å². The van der Waals surface area contributed by atoms with Crippen LogP contribution in [0.1, 0.15) is 51.3 Å². The summed E-state index contributed by atoms with van der Waals surface area (Å²) in [7, 11) is 0. The Labute approximate surface area is 228 Å². The van der Waals surface area contributed by atoms with Crippen molar-refractivity contribution in [2.24, 2.45) is 0 Å². The van der Waals surface area contributed by atoms with E-state index in [-0.39, 0.29) is 17.9 Å². The Kier molecular flexibility index (Phi) is 11.1. The van der Waals surface area contributed by atoms with Gasteiger partial charge >= 0.3 is 6.09 Å². The summed E-state index contributed by atoms with van der Waals surface area (Å²) < 4.78 is 5.37. The molecule has 0 aromatic heterocycles. The lowest BCUT2D eigenvalue weighted by atomic mass is 10.0. The zero-order valence-electron chi connectivity index (χ0n) is 22.1. The van der Waals surface area contributed by atoms with Crippen molar-refractivity contribution >= 4 is 47.0 Å². The van der Waals surface area contributed by atoms with Gasteiger partial charge in [-0.15, -0.1) is 0 Å². The first kappa shape index (κ1) is 30.3. The van der Waals surface area contributed by atoms with E-state index in [1.165, 1.54) is 22.7 Å². The van der Waals surface area contributed by atoms with Crippen LogP contribution in [0, 0.1) is 6.92 Å². The Morgan fingerprint density at radius 1 is 1.14 bits per heavy atom. The molecule has 0 aliphatic heterocycles. The summed E-state index contributed by atoms with van der Waals surface area (Å²) in [6.07, 6.45) is 1.50. The number of halogens is 1. The summed E-state index contributed by atoms with van der Waals surface area (Å²) in [5.74, 6) is -0.559. The van der Waals surface area contributed by atoms with Gasteiger partial charge in [0.1, 0.15) is 23.4 Å². The van der Waals surface area contributed by atoms with E-state index in [0.717, 1.165) is 5.56 Å². The third-order valence-corrected chi connectivity index (χ3v) is 6.44. The molecule has 3 N–H and O–H groups in total. The van der Waals surface area contributed by atoms with Crippen molar-refractivity contribution in [3.63, 3.8) is 0 Å². The fourth-order valence-electron chi connectivity index (χ4n) is 3.76. The fourth-order valence-corrected chi connectivity index (χ4v) is 4.50. The van der Waals surface area contributed by atoms with Crippen LogP contribution < -0.4 is 10.6 Å². The third kappa shape index (κ3) is 8.57. The van der Waals surface area contributed by atoms with Crippen LogP contribution in [0.5, 0.6) is 5.75 Å². The molecule has 0 radical (unpaired) electrons. The number of nitrogens with one attached hydrogen (secondary N) is 2. The van der Waals surface area contributed by atoms with Crippen LogP contribution in [0.3, 0.4) is 0 Å². The first-order valence-corrected chi connectivity index (χ1v) is 13.8. The van der Waals surface area contributed by atoms with Crippen molar-refractivity contribution in [3.8, 4) is 5.75 Å². The van der Waals surface area contributed by atoms with E-state index in [4.69, 9.17) is 16.3 Å². The molecule has 0 bridgehead atoms. The number of nitrogens with zero attached hydrogens (tertiary/aromatic N) is 1. The van der Waals surface area contributed by atoms with Crippen LogP contribution in [-0.4, -0.2) is 58.1 Å². The lowest BCUT2D eigenvalue weighted by molar-refractivity contribution is -0.140. The molecule has 0 saturated heterocycles. The van der Waals surface area contributed by atoms with Gasteiger partial charge in [0, 0.05) is 12.1 Å². The molecule has 2 rings (SSSR count). The van der Waals surface area contributed by atoms with Crippen LogP contribution >= 0.6 is 23.4 Å². The molecule has 10 heteroatoms. The standard InChI is InChI=1S/C27H36ClN3O5S/c1-7-31(25(34)20(15-16-37-6)29-26(35)36-27(3,4)5)23(18-12-8-9-14-21(18)32)24(33)30-22-17(2)11-10-13-19(22)28/h8-14,20,23,32H,7,15-16H2,1-6H3,(H,29,35)(H,30,33). The molecule has 2 aromatic carbocycles. The predicted octanol–water partition coefficient (Wildman–Crippen LogP) is 5.53. The minimum atomic E-state index is -1.19. The van der Waals surface area contributed by atoms with Crippen LogP contribution in [0.2, 0.25) is 5.02 Å².